The Labute approximate surface area is 125 Å². The second-order valence-corrected chi connectivity index (χ2v) is 6.30. The number of imidazole rings is 1. The number of rotatable bonds is 8. The first-order valence-corrected chi connectivity index (χ1v) is 8.54. The summed E-state index contributed by atoms with van der Waals surface area (Å²) >= 11 is 1.83. The molecule has 2 N–H and O–H groups in total. The van der Waals surface area contributed by atoms with Crippen molar-refractivity contribution < 1.29 is 0 Å². The van der Waals surface area contributed by atoms with Gasteiger partial charge in [-0.3, -0.25) is 0 Å². The van der Waals surface area contributed by atoms with E-state index in [1.54, 1.807) is 0 Å². The van der Waals surface area contributed by atoms with Gasteiger partial charge in [-0.25, -0.2) is 4.98 Å². The van der Waals surface area contributed by atoms with Crippen LogP contribution in [0.25, 0.3) is 11.0 Å². The highest BCUT2D eigenvalue weighted by Crippen LogP contribution is 2.21. The van der Waals surface area contributed by atoms with Gasteiger partial charge in [0.1, 0.15) is 0 Å². The van der Waals surface area contributed by atoms with Crippen molar-refractivity contribution in [2.45, 2.75) is 51.2 Å². The first kappa shape index (κ1) is 15.4. The largest absolute Gasteiger partial charge is 0.333 e. The molecule has 0 aliphatic heterocycles. The summed E-state index contributed by atoms with van der Waals surface area (Å²) in [5.41, 5.74) is 3.48. The van der Waals surface area contributed by atoms with Gasteiger partial charge in [0.15, 0.2) is 5.16 Å². The summed E-state index contributed by atoms with van der Waals surface area (Å²) < 4.78 is 0. The zero-order chi connectivity index (χ0) is 14.4. The van der Waals surface area contributed by atoms with Gasteiger partial charge < -0.3 is 10.3 Å². The molecule has 1 aromatic carbocycles. The molecule has 1 heterocycles. The molecule has 110 valence electrons. The molecule has 0 aliphatic carbocycles. The van der Waals surface area contributed by atoms with Crippen molar-refractivity contribution in [1.82, 2.24) is 15.3 Å². The van der Waals surface area contributed by atoms with E-state index >= 15 is 0 Å². The van der Waals surface area contributed by atoms with Gasteiger partial charge in [0.25, 0.3) is 0 Å². The number of thioether (sulfide) groups is 1. The van der Waals surface area contributed by atoms with Crippen LogP contribution < -0.4 is 5.32 Å². The molecule has 0 aliphatic rings. The molecule has 20 heavy (non-hydrogen) atoms. The Bertz CT molecular complexity index is 536. The molecule has 3 nitrogen and oxygen atoms in total. The molecule has 1 aromatic heterocycles. The molecular weight excluding hydrogens is 266 g/mol. The van der Waals surface area contributed by atoms with Crippen LogP contribution >= 0.6 is 11.8 Å². The minimum Gasteiger partial charge on any atom is -0.333 e. The SMILES string of the molecule is CCNC(CC)CCCSc1nc2ccc(C)cc2[nH]1. The molecule has 0 bridgehead atoms. The number of nitrogens with one attached hydrogen (secondary N) is 2. The van der Waals surface area contributed by atoms with Crippen LogP contribution in [0.4, 0.5) is 0 Å². The summed E-state index contributed by atoms with van der Waals surface area (Å²) in [7, 11) is 0. The number of aryl methyl sites for hydroxylation is 1. The Balaban J connectivity index is 1.81. The van der Waals surface area contributed by atoms with Crippen LogP contribution in [-0.4, -0.2) is 28.3 Å². The number of benzene rings is 1. The van der Waals surface area contributed by atoms with E-state index in [1.807, 2.05) is 11.8 Å². The summed E-state index contributed by atoms with van der Waals surface area (Å²) in [6.45, 7) is 7.60. The number of nitrogens with zero attached hydrogens (tertiary/aromatic N) is 1. The molecule has 4 heteroatoms. The number of H-pyrrole nitrogens is 1. The molecular formula is C16H25N3S. The van der Waals surface area contributed by atoms with Crippen molar-refractivity contribution in [3.05, 3.63) is 23.8 Å². The van der Waals surface area contributed by atoms with Gasteiger partial charge in [-0.1, -0.05) is 31.7 Å². The summed E-state index contributed by atoms with van der Waals surface area (Å²) in [5.74, 6) is 1.13. The Morgan fingerprint density at radius 2 is 2.20 bits per heavy atom. The van der Waals surface area contributed by atoms with Crippen molar-refractivity contribution >= 4 is 22.8 Å². The summed E-state index contributed by atoms with van der Waals surface area (Å²) in [5, 5.41) is 4.57. The molecule has 0 fully saturated rings. The summed E-state index contributed by atoms with van der Waals surface area (Å²) in [6.07, 6.45) is 3.69. The standard InChI is InChI=1S/C16H25N3S/c1-4-13(17-5-2)7-6-10-20-16-18-14-9-8-12(3)11-15(14)19-16/h8-9,11,13,17H,4-7,10H2,1-3H3,(H,18,19). The minimum absolute atomic E-state index is 0.666. The molecule has 0 amide bonds. The van der Waals surface area contributed by atoms with Crippen molar-refractivity contribution in [1.29, 1.82) is 0 Å². The van der Waals surface area contributed by atoms with E-state index in [1.165, 1.54) is 24.8 Å². The van der Waals surface area contributed by atoms with Crippen LogP contribution in [0.3, 0.4) is 0 Å². The molecule has 0 saturated heterocycles. The highest BCUT2D eigenvalue weighted by molar-refractivity contribution is 7.99. The second-order valence-electron chi connectivity index (χ2n) is 5.22. The quantitative estimate of drug-likeness (QED) is 0.567. The van der Waals surface area contributed by atoms with Crippen molar-refractivity contribution in [3.63, 3.8) is 0 Å². The number of aromatic amines is 1. The third-order valence-electron chi connectivity index (χ3n) is 3.54. The van der Waals surface area contributed by atoms with Crippen LogP contribution in [0.1, 0.15) is 38.7 Å². The first-order valence-electron chi connectivity index (χ1n) is 7.55. The third kappa shape index (κ3) is 4.25. The molecule has 0 saturated carbocycles. The number of aromatic nitrogens is 2. The lowest BCUT2D eigenvalue weighted by Crippen LogP contribution is -2.28. The smallest absolute Gasteiger partial charge is 0.166 e. The Morgan fingerprint density at radius 1 is 1.35 bits per heavy atom. The van der Waals surface area contributed by atoms with Crippen molar-refractivity contribution in [2.24, 2.45) is 0 Å². The van der Waals surface area contributed by atoms with E-state index in [0.717, 1.165) is 28.5 Å². The van der Waals surface area contributed by atoms with Gasteiger partial charge in [-0.2, -0.15) is 0 Å². The zero-order valence-electron chi connectivity index (χ0n) is 12.7. The molecule has 2 aromatic rings. The zero-order valence-corrected chi connectivity index (χ0v) is 13.5. The highest BCUT2D eigenvalue weighted by Gasteiger charge is 2.06. The van der Waals surface area contributed by atoms with E-state index in [4.69, 9.17) is 0 Å². The third-order valence-corrected chi connectivity index (χ3v) is 4.50. The monoisotopic (exact) mass is 291 g/mol. The van der Waals surface area contributed by atoms with Gasteiger partial charge in [0, 0.05) is 11.8 Å². The molecule has 0 radical (unpaired) electrons. The molecule has 1 atom stereocenters. The topological polar surface area (TPSA) is 40.7 Å². The maximum atomic E-state index is 4.62. The van der Waals surface area contributed by atoms with Crippen LogP contribution in [0.2, 0.25) is 0 Å². The molecule has 0 spiro atoms. The highest BCUT2D eigenvalue weighted by atomic mass is 32.2. The van der Waals surface area contributed by atoms with E-state index in [2.05, 4.69) is 54.3 Å². The second kappa shape index (κ2) is 7.70. The van der Waals surface area contributed by atoms with E-state index in [-0.39, 0.29) is 0 Å². The average molecular weight is 291 g/mol. The molecule has 1 unspecified atom stereocenters. The Hall–Kier alpha value is -1.00. The number of hydrogen-bond donors (Lipinski definition) is 2. The predicted molar refractivity (Wildman–Crippen MR) is 88.5 cm³/mol. The maximum absolute atomic E-state index is 4.62. The van der Waals surface area contributed by atoms with Crippen LogP contribution in [-0.2, 0) is 0 Å². The Kier molecular flexibility index (Phi) is 5.92. The van der Waals surface area contributed by atoms with Crippen LogP contribution in [0.5, 0.6) is 0 Å². The van der Waals surface area contributed by atoms with E-state index in [0.29, 0.717) is 6.04 Å². The van der Waals surface area contributed by atoms with Crippen LogP contribution in [0, 0.1) is 6.92 Å². The van der Waals surface area contributed by atoms with Gasteiger partial charge in [-0.05, 0) is 50.4 Å². The number of hydrogen-bond acceptors (Lipinski definition) is 3. The summed E-state index contributed by atoms with van der Waals surface area (Å²) in [6, 6.07) is 7.02. The average Bonchev–Trinajstić information content (AvgIpc) is 2.84. The molecule has 2 rings (SSSR count). The number of fused-ring (bicyclic) bond motifs is 1. The van der Waals surface area contributed by atoms with Crippen molar-refractivity contribution in [3.8, 4) is 0 Å². The fraction of sp³-hybridized carbons (Fsp3) is 0.562. The van der Waals surface area contributed by atoms with Gasteiger partial charge in [0.05, 0.1) is 11.0 Å². The van der Waals surface area contributed by atoms with E-state index in [9.17, 15) is 0 Å². The fourth-order valence-corrected chi connectivity index (χ4v) is 3.26. The maximum Gasteiger partial charge on any atom is 0.166 e. The lowest BCUT2D eigenvalue weighted by Gasteiger charge is -2.14. The van der Waals surface area contributed by atoms with Crippen molar-refractivity contribution in [2.75, 3.05) is 12.3 Å². The predicted octanol–water partition coefficient (Wildman–Crippen LogP) is 4.13. The fourth-order valence-electron chi connectivity index (χ4n) is 2.41. The summed E-state index contributed by atoms with van der Waals surface area (Å²) in [4.78, 5) is 8.02. The Morgan fingerprint density at radius 3 is 2.95 bits per heavy atom. The van der Waals surface area contributed by atoms with Gasteiger partial charge in [-0.15, -0.1) is 0 Å². The van der Waals surface area contributed by atoms with Gasteiger partial charge >= 0.3 is 0 Å². The lowest BCUT2D eigenvalue weighted by molar-refractivity contribution is 0.477. The van der Waals surface area contributed by atoms with Gasteiger partial charge in [0.2, 0.25) is 0 Å². The first-order chi connectivity index (χ1) is 9.72. The normalized spacial score (nSPS) is 12.9. The minimum atomic E-state index is 0.666. The van der Waals surface area contributed by atoms with E-state index < -0.39 is 0 Å². The van der Waals surface area contributed by atoms with Crippen LogP contribution in [0.15, 0.2) is 23.4 Å². The lowest BCUT2D eigenvalue weighted by atomic mass is 10.1.